The van der Waals surface area contributed by atoms with E-state index in [1.54, 1.807) is 0 Å². The number of aldehydes is 2. The Balaban J connectivity index is -0.0000000980. The molecule has 0 rings (SSSR count). The molecule has 0 radical (unpaired) electrons. The van der Waals surface area contributed by atoms with Crippen molar-refractivity contribution in [1.29, 1.82) is 0 Å². The number of rotatable bonds is 6. The maximum atomic E-state index is 9.82. The fourth-order valence-electron chi connectivity index (χ4n) is 0.481. The molecule has 0 aliphatic heterocycles. The zero-order chi connectivity index (χ0) is 13.1. The first kappa shape index (κ1) is 26.8. The third kappa shape index (κ3) is 18.6. The molecule has 2 unspecified atom stereocenters. The van der Waals surface area contributed by atoms with Gasteiger partial charge in [-0.25, -0.2) is 0 Å². The van der Waals surface area contributed by atoms with Crippen molar-refractivity contribution < 1.29 is 88.5 Å². The Morgan fingerprint density at radius 2 is 1.11 bits per heavy atom. The third-order valence-electron chi connectivity index (χ3n) is 1.70. The zero-order valence-corrected chi connectivity index (χ0v) is 15.2. The van der Waals surface area contributed by atoms with Crippen molar-refractivity contribution in [3.8, 4) is 0 Å². The van der Waals surface area contributed by atoms with Crippen LogP contribution in [0.25, 0.3) is 0 Å². The fourth-order valence-corrected chi connectivity index (χ4v) is 0.481. The molecule has 0 aromatic carbocycles. The molecule has 0 saturated carbocycles. The number of carbonyl (C=O) groups is 4. The van der Waals surface area contributed by atoms with Gasteiger partial charge >= 0.3 is 59.1 Å². The monoisotopic (exact) mass is 276 g/mol. The van der Waals surface area contributed by atoms with Gasteiger partial charge in [0.05, 0.1) is 0 Å². The maximum absolute atomic E-state index is 9.82. The summed E-state index contributed by atoms with van der Waals surface area (Å²) < 4.78 is 0. The van der Waals surface area contributed by atoms with Gasteiger partial charge in [-0.05, 0) is 0 Å². The molecule has 0 fully saturated rings. The Bertz CT molecular complexity index is 231. The van der Waals surface area contributed by atoms with E-state index in [2.05, 4.69) is 0 Å². The van der Waals surface area contributed by atoms with Crippen molar-refractivity contribution in [2.24, 2.45) is 11.8 Å². The summed E-state index contributed by atoms with van der Waals surface area (Å²) >= 11 is 0. The van der Waals surface area contributed by atoms with Crippen LogP contribution >= 0.6 is 0 Å². The van der Waals surface area contributed by atoms with E-state index >= 15 is 0 Å². The van der Waals surface area contributed by atoms with Crippen LogP contribution in [0.15, 0.2) is 0 Å². The first-order valence-corrected chi connectivity index (χ1v) is 4.65. The van der Waals surface area contributed by atoms with E-state index < -0.39 is 23.8 Å². The summed E-state index contributed by atoms with van der Waals surface area (Å²) in [4.78, 5) is 38.9. The largest absolute Gasteiger partial charge is 1.00 e. The van der Waals surface area contributed by atoms with E-state index in [9.17, 15) is 29.4 Å². The molecule has 92 valence electrons. The molecule has 0 aliphatic rings. The molecule has 6 nitrogen and oxygen atoms in total. The van der Waals surface area contributed by atoms with Crippen LogP contribution in [0, 0.1) is 11.8 Å². The van der Waals surface area contributed by atoms with Gasteiger partial charge < -0.3 is 29.4 Å². The molecule has 8 heteroatoms. The van der Waals surface area contributed by atoms with E-state index in [-0.39, 0.29) is 72.0 Å². The Kier molecular flexibility index (Phi) is 25.7. The number of hydrogen-bond donors (Lipinski definition) is 0. The quantitative estimate of drug-likeness (QED) is 0.351. The van der Waals surface area contributed by atoms with Gasteiger partial charge in [0.1, 0.15) is 12.6 Å². The standard InChI is InChI=1S/2C5H8O3.2Na/c2*1-4(2-3-6)5(7)8;;/h2*3-4H,2H2,1H3,(H,7,8);;/q;;2*+1/p-2. The minimum Gasteiger partial charge on any atom is -0.550 e. The van der Waals surface area contributed by atoms with E-state index in [0.29, 0.717) is 12.6 Å². The molecule has 0 aromatic heterocycles. The first-order chi connectivity index (χ1) is 7.36. The summed E-state index contributed by atoms with van der Waals surface area (Å²) in [7, 11) is 0. The Morgan fingerprint density at radius 1 is 0.889 bits per heavy atom. The van der Waals surface area contributed by atoms with Gasteiger partial charge in [0.15, 0.2) is 0 Å². The first-order valence-electron chi connectivity index (χ1n) is 4.65. The van der Waals surface area contributed by atoms with Crippen LogP contribution in [0.2, 0.25) is 0 Å². The van der Waals surface area contributed by atoms with Gasteiger partial charge in [-0.3, -0.25) is 0 Å². The molecule has 0 saturated heterocycles. The van der Waals surface area contributed by atoms with Gasteiger partial charge in [-0.1, -0.05) is 13.8 Å². The van der Waals surface area contributed by atoms with E-state index in [0.717, 1.165) is 0 Å². The zero-order valence-electron chi connectivity index (χ0n) is 11.2. The van der Waals surface area contributed by atoms with Crippen molar-refractivity contribution in [2.75, 3.05) is 0 Å². The van der Waals surface area contributed by atoms with Crippen molar-refractivity contribution in [3.05, 3.63) is 0 Å². The van der Waals surface area contributed by atoms with Crippen LogP contribution in [-0.2, 0) is 19.2 Å². The number of hydrogen-bond acceptors (Lipinski definition) is 6. The van der Waals surface area contributed by atoms with Crippen molar-refractivity contribution >= 4 is 24.5 Å². The summed E-state index contributed by atoms with van der Waals surface area (Å²) in [5.74, 6) is -3.63. The minimum atomic E-state index is -1.17. The van der Waals surface area contributed by atoms with E-state index in [4.69, 9.17) is 0 Å². The third-order valence-corrected chi connectivity index (χ3v) is 1.70. The molecule has 0 aliphatic carbocycles. The predicted octanol–water partition coefficient (Wildman–Crippen LogP) is -8.07. The van der Waals surface area contributed by atoms with Crippen LogP contribution < -0.4 is 69.3 Å². The van der Waals surface area contributed by atoms with E-state index in [1.807, 2.05) is 0 Å². The van der Waals surface area contributed by atoms with Crippen molar-refractivity contribution in [1.82, 2.24) is 0 Å². The van der Waals surface area contributed by atoms with Crippen molar-refractivity contribution in [3.63, 3.8) is 0 Å². The SMILES string of the molecule is CC(CC=O)C(=O)[O-].CC(CC=O)C(=O)[O-].[Na+].[Na+]. The van der Waals surface area contributed by atoms with Crippen LogP contribution in [0.5, 0.6) is 0 Å². The van der Waals surface area contributed by atoms with Crippen LogP contribution in [0.1, 0.15) is 26.7 Å². The average Bonchev–Trinajstić information content (AvgIpc) is 2.19. The van der Waals surface area contributed by atoms with Crippen LogP contribution in [-0.4, -0.2) is 24.5 Å². The molecule has 2 atom stereocenters. The topological polar surface area (TPSA) is 114 Å². The second-order valence-electron chi connectivity index (χ2n) is 3.24. The smallest absolute Gasteiger partial charge is 0.550 e. The summed E-state index contributed by atoms with van der Waals surface area (Å²) in [5, 5.41) is 19.6. The number of carbonyl (C=O) groups excluding carboxylic acids is 4. The molecule has 0 spiro atoms. The fraction of sp³-hybridized carbons (Fsp3) is 0.600. The van der Waals surface area contributed by atoms with Crippen LogP contribution in [0.4, 0.5) is 0 Å². The second-order valence-corrected chi connectivity index (χ2v) is 3.24. The van der Waals surface area contributed by atoms with Crippen molar-refractivity contribution in [2.45, 2.75) is 26.7 Å². The number of carboxylic acids is 2. The normalized spacial score (nSPS) is 11.2. The maximum Gasteiger partial charge on any atom is 1.00 e. The Labute approximate surface area is 150 Å². The van der Waals surface area contributed by atoms with Crippen LogP contribution in [0.3, 0.4) is 0 Å². The molecule has 0 heterocycles. The summed E-state index contributed by atoms with van der Waals surface area (Å²) in [6.07, 6.45) is 1.23. The molecular weight excluding hydrogens is 262 g/mol. The molecule has 18 heavy (non-hydrogen) atoms. The minimum absolute atomic E-state index is 0. The van der Waals surface area contributed by atoms with E-state index in [1.165, 1.54) is 13.8 Å². The van der Waals surface area contributed by atoms with Gasteiger partial charge in [0, 0.05) is 36.6 Å². The number of aliphatic carboxylic acids is 2. The van der Waals surface area contributed by atoms with Gasteiger partial charge in [-0.15, -0.1) is 0 Å². The molecule has 0 amide bonds. The second kappa shape index (κ2) is 17.3. The average molecular weight is 276 g/mol. The van der Waals surface area contributed by atoms with Gasteiger partial charge in [0.2, 0.25) is 0 Å². The van der Waals surface area contributed by atoms with Gasteiger partial charge in [0.25, 0.3) is 0 Å². The summed E-state index contributed by atoms with van der Waals surface area (Å²) in [6.45, 7) is 2.87. The summed E-state index contributed by atoms with van der Waals surface area (Å²) in [5.41, 5.74) is 0. The van der Waals surface area contributed by atoms with Gasteiger partial charge in [-0.2, -0.15) is 0 Å². The summed E-state index contributed by atoms with van der Waals surface area (Å²) in [6, 6.07) is 0. The molecular formula is C10H14Na2O6. The number of carboxylic acid groups (broad SMARTS) is 2. The predicted molar refractivity (Wildman–Crippen MR) is 49.7 cm³/mol. The molecule has 0 bridgehead atoms. The molecule has 0 N–H and O–H groups in total. The molecule has 0 aromatic rings. The Hall–Kier alpha value is 0.280. The Morgan fingerprint density at radius 3 is 1.17 bits per heavy atom.